The number of amides is 2. The predicted octanol–water partition coefficient (Wildman–Crippen LogP) is 8.18. The van der Waals surface area contributed by atoms with Crippen LogP contribution in [0.2, 0.25) is 0 Å². The van der Waals surface area contributed by atoms with E-state index in [1.54, 1.807) is 0 Å². The monoisotopic (exact) mass is 556 g/mol. The molecule has 0 radical (unpaired) electrons. The SMILES string of the molecule is CC(NC(=O)CCCCC#CC#CCCCCC(=O)NC(C)c1ccc2ccccc2c1)c1ccc2ccccc2c1. The van der Waals surface area contributed by atoms with Crippen LogP contribution in [-0.2, 0) is 9.59 Å². The van der Waals surface area contributed by atoms with E-state index in [1.807, 2.05) is 38.1 Å². The Kier molecular flexibility index (Phi) is 11.6. The van der Waals surface area contributed by atoms with E-state index in [1.165, 1.54) is 21.5 Å². The van der Waals surface area contributed by atoms with Gasteiger partial charge in [0, 0.05) is 25.7 Å². The van der Waals surface area contributed by atoms with Gasteiger partial charge in [0.05, 0.1) is 12.1 Å². The van der Waals surface area contributed by atoms with Crippen molar-refractivity contribution in [3.05, 3.63) is 96.1 Å². The van der Waals surface area contributed by atoms with Gasteiger partial charge in [-0.3, -0.25) is 9.59 Å². The van der Waals surface area contributed by atoms with E-state index in [2.05, 4.69) is 95.0 Å². The number of carbonyl (C=O) groups excluding carboxylic acids is 2. The average Bonchev–Trinajstić information content (AvgIpc) is 3.01. The molecule has 0 aromatic heterocycles. The number of unbranched alkanes of at least 4 members (excludes halogenated alkanes) is 4. The minimum Gasteiger partial charge on any atom is -0.350 e. The predicted molar refractivity (Wildman–Crippen MR) is 173 cm³/mol. The highest BCUT2D eigenvalue weighted by Crippen LogP contribution is 2.21. The highest BCUT2D eigenvalue weighted by molar-refractivity contribution is 5.84. The van der Waals surface area contributed by atoms with Gasteiger partial charge in [0.1, 0.15) is 0 Å². The van der Waals surface area contributed by atoms with Crippen molar-refractivity contribution in [1.29, 1.82) is 0 Å². The fourth-order valence-electron chi connectivity index (χ4n) is 4.96. The summed E-state index contributed by atoms with van der Waals surface area (Å²) in [7, 11) is 0. The lowest BCUT2D eigenvalue weighted by atomic mass is 10.0. The molecule has 2 unspecified atom stereocenters. The van der Waals surface area contributed by atoms with Crippen molar-refractivity contribution in [3.8, 4) is 23.7 Å². The summed E-state index contributed by atoms with van der Waals surface area (Å²) in [5.74, 6) is 12.1. The number of nitrogens with one attached hydrogen (secondary N) is 2. The van der Waals surface area contributed by atoms with Crippen molar-refractivity contribution in [3.63, 3.8) is 0 Å². The number of benzene rings is 4. The zero-order valence-corrected chi connectivity index (χ0v) is 24.7. The Bertz CT molecular complexity index is 1510. The summed E-state index contributed by atoms with van der Waals surface area (Å²) < 4.78 is 0. The fourth-order valence-corrected chi connectivity index (χ4v) is 4.96. The van der Waals surface area contributed by atoms with Gasteiger partial charge in [0.2, 0.25) is 11.8 Å². The van der Waals surface area contributed by atoms with Crippen LogP contribution in [0.5, 0.6) is 0 Å². The second-order valence-corrected chi connectivity index (χ2v) is 10.8. The molecule has 4 rings (SSSR count). The lowest BCUT2D eigenvalue weighted by Crippen LogP contribution is -2.26. The number of hydrogen-bond acceptors (Lipinski definition) is 2. The standard InChI is InChI=1S/C38H40N2O2/c1-29(33-25-23-31-17-13-15-19-35(31)27-33)39-37(41)21-11-9-7-5-3-4-6-8-10-12-22-38(42)40-30(2)34-26-24-32-18-14-16-20-36(32)28-34/h13-20,23-30H,7-12,21-22H2,1-2H3,(H,39,41)(H,40,42). The van der Waals surface area contributed by atoms with Crippen LogP contribution < -0.4 is 10.6 Å². The van der Waals surface area contributed by atoms with Crippen LogP contribution in [0.1, 0.15) is 88.4 Å². The third kappa shape index (κ3) is 9.53. The lowest BCUT2D eigenvalue weighted by Gasteiger charge is -2.15. The van der Waals surface area contributed by atoms with Gasteiger partial charge in [-0.15, -0.1) is 0 Å². The maximum atomic E-state index is 12.4. The fraction of sp³-hybridized carbons (Fsp3) is 0.316. The van der Waals surface area contributed by atoms with Crippen molar-refractivity contribution in [2.24, 2.45) is 0 Å². The summed E-state index contributed by atoms with van der Waals surface area (Å²) in [6.07, 6.45) is 5.83. The molecule has 4 aromatic carbocycles. The van der Waals surface area contributed by atoms with E-state index in [-0.39, 0.29) is 23.9 Å². The topological polar surface area (TPSA) is 58.2 Å². The Labute approximate surface area is 250 Å². The molecule has 4 aromatic rings. The number of hydrogen-bond donors (Lipinski definition) is 2. The van der Waals surface area contributed by atoms with Gasteiger partial charge in [-0.05, 0) is 96.2 Å². The third-order valence-electron chi connectivity index (χ3n) is 7.45. The molecular weight excluding hydrogens is 516 g/mol. The summed E-state index contributed by atoms with van der Waals surface area (Å²) >= 11 is 0. The molecule has 42 heavy (non-hydrogen) atoms. The molecular formula is C38H40N2O2. The number of carbonyl (C=O) groups is 2. The number of fused-ring (bicyclic) bond motifs is 2. The van der Waals surface area contributed by atoms with Crippen LogP contribution >= 0.6 is 0 Å². The van der Waals surface area contributed by atoms with Gasteiger partial charge in [-0.2, -0.15) is 0 Å². The summed E-state index contributed by atoms with van der Waals surface area (Å²) in [6, 6.07) is 29.1. The van der Waals surface area contributed by atoms with Crippen molar-refractivity contribution < 1.29 is 9.59 Å². The van der Waals surface area contributed by atoms with Crippen molar-refractivity contribution in [2.45, 2.75) is 77.3 Å². The first kappa shape index (κ1) is 30.4. The van der Waals surface area contributed by atoms with E-state index in [0.717, 1.165) is 49.7 Å². The second-order valence-electron chi connectivity index (χ2n) is 10.8. The molecule has 0 aliphatic rings. The normalized spacial score (nSPS) is 12.0. The highest BCUT2D eigenvalue weighted by atomic mass is 16.2. The van der Waals surface area contributed by atoms with Crippen LogP contribution in [0.4, 0.5) is 0 Å². The maximum Gasteiger partial charge on any atom is 0.220 e. The molecule has 2 N–H and O–H groups in total. The Hall–Kier alpha value is -4.54. The summed E-state index contributed by atoms with van der Waals surface area (Å²) in [6.45, 7) is 4.05. The van der Waals surface area contributed by atoms with E-state index >= 15 is 0 Å². The first-order valence-corrected chi connectivity index (χ1v) is 15.0. The molecule has 0 bridgehead atoms. The Balaban J connectivity index is 1.03. The molecule has 4 heteroatoms. The summed E-state index contributed by atoms with van der Waals surface area (Å²) in [5, 5.41) is 11.0. The van der Waals surface area contributed by atoms with Crippen LogP contribution in [0.15, 0.2) is 84.9 Å². The molecule has 2 amide bonds. The van der Waals surface area contributed by atoms with Crippen molar-refractivity contribution in [1.82, 2.24) is 10.6 Å². The largest absolute Gasteiger partial charge is 0.350 e. The molecule has 0 aliphatic carbocycles. The molecule has 0 heterocycles. The van der Waals surface area contributed by atoms with Crippen LogP contribution in [0.3, 0.4) is 0 Å². The third-order valence-corrected chi connectivity index (χ3v) is 7.45. The average molecular weight is 557 g/mol. The first-order chi connectivity index (χ1) is 20.5. The molecule has 4 nitrogen and oxygen atoms in total. The van der Waals surface area contributed by atoms with Crippen LogP contribution in [0, 0.1) is 23.7 Å². The molecule has 2 atom stereocenters. The summed E-state index contributed by atoms with van der Waals surface area (Å²) in [4.78, 5) is 24.7. The Morgan fingerprint density at radius 2 is 0.976 bits per heavy atom. The zero-order valence-electron chi connectivity index (χ0n) is 24.7. The second kappa shape index (κ2) is 16.0. The molecule has 214 valence electrons. The van der Waals surface area contributed by atoms with Gasteiger partial charge in [-0.25, -0.2) is 0 Å². The van der Waals surface area contributed by atoms with Gasteiger partial charge in [-0.1, -0.05) is 84.6 Å². The van der Waals surface area contributed by atoms with Crippen LogP contribution in [0.25, 0.3) is 21.5 Å². The molecule has 0 saturated heterocycles. The Morgan fingerprint density at radius 1 is 0.571 bits per heavy atom. The van der Waals surface area contributed by atoms with Crippen molar-refractivity contribution in [2.75, 3.05) is 0 Å². The quantitative estimate of drug-likeness (QED) is 0.137. The van der Waals surface area contributed by atoms with Gasteiger partial charge in [0.15, 0.2) is 0 Å². The van der Waals surface area contributed by atoms with E-state index in [9.17, 15) is 9.59 Å². The minimum absolute atomic E-state index is 0.0227. The first-order valence-electron chi connectivity index (χ1n) is 15.0. The van der Waals surface area contributed by atoms with E-state index < -0.39 is 0 Å². The maximum absolute atomic E-state index is 12.4. The molecule has 0 fully saturated rings. The summed E-state index contributed by atoms with van der Waals surface area (Å²) in [5.41, 5.74) is 2.22. The van der Waals surface area contributed by atoms with E-state index in [0.29, 0.717) is 12.8 Å². The number of rotatable bonds is 12. The zero-order chi connectivity index (χ0) is 29.6. The highest BCUT2D eigenvalue weighted by Gasteiger charge is 2.11. The van der Waals surface area contributed by atoms with Gasteiger partial charge < -0.3 is 10.6 Å². The Morgan fingerprint density at radius 3 is 1.40 bits per heavy atom. The van der Waals surface area contributed by atoms with Gasteiger partial charge in [0.25, 0.3) is 0 Å². The lowest BCUT2D eigenvalue weighted by molar-refractivity contribution is -0.122. The van der Waals surface area contributed by atoms with Gasteiger partial charge >= 0.3 is 0 Å². The minimum atomic E-state index is -0.0227. The van der Waals surface area contributed by atoms with E-state index in [4.69, 9.17) is 0 Å². The molecule has 0 saturated carbocycles. The molecule has 0 aliphatic heterocycles. The smallest absolute Gasteiger partial charge is 0.220 e. The molecule has 0 spiro atoms. The van der Waals surface area contributed by atoms with Crippen LogP contribution in [-0.4, -0.2) is 11.8 Å². The van der Waals surface area contributed by atoms with Crippen molar-refractivity contribution >= 4 is 33.4 Å².